The number of nitrogens with one attached hydrogen (secondary N) is 1. The van der Waals surface area contributed by atoms with Gasteiger partial charge in [0.25, 0.3) is 11.8 Å². The molecule has 7 nitrogen and oxygen atoms in total. The summed E-state index contributed by atoms with van der Waals surface area (Å²) in [6, 6.07) is 22.9. The molecule has 4 amide bonds. The van der Waals surface area contributed by atoms with Gasteiger partial charge in [0.2, 0.25) is 0 Å². The zero-order valence-electron chi connectivity index (χ0n) is 21.9. The molecule has 5 rings (SSSR count). The Hall–Kier alpha value is -4.98. The van der Waals surface area contributed by atoms with E-state index in [4.69, 9.17) is 9.47 Å². The highest BCUT2D eigenvalue weighted by molar-refractivity contribution is 6.39. The molecule has 202 valence electrons. The first-order valence-corrected chi connectivity index (χ1v) is 13.0. The van der Waals surface area contributed by atoms with E-state index in [0.29, 0.717) is 29.2 Å². The molecule has 4 aromatic carbocycles. The summed E-state index contributed by atoms with van der Waals surface area (Å²) in [6.45, 7) is 2.57. The number of anilines is 1. The van der Waals surface area contributed by atoms with E-state index in [0.717, 1.165) is 28.5 Å². The van der Waals surface area contributed by atoms with E-state index in [1.165, 1.54) is 12.1 Å². The predicted molar refractivity (Wildman–Crippen MR) is 151 cm³/mol. The number of halogens is 1. The summed E-state index contributed by atoms with van der Waals surface area (Å²) in [5.41, 5.74) is 0.870. The monoisotopic (exact) mass is 538 g/mol. The number of fused-ring (bicyclic) bond motifs is 1. The Bertz CT molecular complexity index is 1610. The molecular weight excluding hydrogens is 511 g/mol. The van der Waals surface area contributed by atoms with Crippen LogP contribution in [0, 0.1) is 5.82 Å². The molecule has 8 heteroatoms. The largest absolute Gasteiger partial charge is 0.494 e. The number of imide groups is 2. The molecule has 40 heavy (non-hydrogen) atoms. The number of benzene rings is 4. The summed E-state index contributed by atoms with van der Waals surface area (Å²) in [5.74, 6) is -1.03. The van der Waals surface area contributed by atoms with Crippen LogP contribution < -0.4 is 19.7 Å². The quantitative estimate of drug-likeness (QED) is 0.151. The maximum Gasteiger partial charge on any atom is 0.335 e. The molecular formula is C32H27FN2O5. The molecule has 4 aromatic rings. The van der Waals surface area contributed by atoms with Crippen molar-refractivity contribution in [2.24, 2.45) is 0 Å². The number of urea groups is 1. The minimum atomic E-state index is -0.847. The van der Waals surface area contributed by atoms with Crippen LogP contribution in [0.4, 0.5) is 14.9 Å². The van der Waals surface area contributed by atoms with Crippen LogP contribution in [0.1, 0.15) is 30.9 Å². The summed E-state index contributed by atoms with van der Waals surface area (Å²) >= 11 is 0. The highest BCUT2D eigenvalue weighted by Gasteiger charge is 2.37. The Morgan fingerprint density at radius 1 is 0.875 bits per heavy atom. The van der Waals surface area contributed by atoms with E-state index < -0.39 is 23.7 Å². The predicted octanol–water partition coefficient (Wildman–Crippen LogP) is 6.40. The lowest BCUT2D eigenvalue weighted by atomic mass is 9.99. The maximum absolute atomic E-state index is 14.2. The number of carbonyl (C=O) groups is 3. The number of nitrogens with zero attached hydrogens (tertiary/aromatic N) is 1. The van der Waals surface area contributed by atoms with Gasteiger partial charge in [0, 0.05) is 11.1 Å². The third-order valence-electron chi connectivity index (χ3n) is 6.52. The lowest BCUT2D eigenvalue weighted by Crippen LogP contribution is -2.54. The molecule has 1 aliphatic rings. The topological polar surface area (TPSA) is 84.9 Å². The number of hydrogen-bond acceptors (Lipinski definition) is 5. The van der Waals surface area contributed by atoms with Crippen molar-refractivity contribution in [3.05, 3.63) is 107 Å². The minimum absolute atomic E-state index is 0.0569. The van der Waals surface area contributed by atoms with Crippen molar-refractivity contribution in [2.75, 3.05) is 11.5 Å². The van der Waals surface area contributed by atoms with E-state index in [-0.39, 0.29) is 17.9 Å². The van der Waals surface area contributed by atoms with Crippen molar-refractivity contribution in [3.8, 4) is 11.5 Å². The van der Waals surface area contributed by atoms with Crippen molar-refractivity contribution < 1.29 is 28.2 Å². The Morgan fingerprint density at radius 2 is 1.62 bits per heavy atom. The fourth-order valence-electron chi connectivity index (χ4n) is 4.38. The van der Waals surface area contributed by atoms with E-state index in [1.807, 2.05) is 30.3 Å². The number of unbranched alkanes of at least 4 members (excludes halogenated alkanes) is 1. The van der Waals surface area contributed by atoms with Crippen LogP contribution in [0.5, 0.6) is 11.5 Å². The van der Waals surface area contributed by atoms with Gasteiger partial charge >= 0.3 is 6.03 Å². The molecule has 0 aliphatic carbocycles. The van der Waals surface area contributed by atoms with Gasteiger partial charge in [-0.15, -0.1) is 0 Å². The summed E-state index contributed by atoms with van der Waals surface area (Å²) in [5, 5.41) is 3.83. The van der Waals surface area contributed by atoms with Crippen molar-refractivity contribution >= 4 is 40.4 Å². The van der Waals surface area contributed by atoms with Gasteiger partial charge in [0.1, 0.15) is 29.5 Å². The second-order valence-corrected chi connectivity index (χ2v) is 9.23. The molecule has 1 heterocycles. The van der Waals surface area contributed by atoms with Gasteiger partial charge in [-0.2, -0.15) is 0 Å². The second kappa shape index (κ2) is 11.8. The molecule has 1 N–H and O–H groups in total. The average Bonchev–Trinajstić information content (AvgIpc) is 2.96. The maximum atomic E-state index is 14.2. The third kappa shape index (κ3) is 5.56. The molecule has 0 atom stereocenters. The van der Waals surface area contributed by atoms with Gasteiger partial charge in [0.15, 0.2) is 0 Å². The van der Waals surface area contributed by atoms with Gasteiger partial charge in [-0.3, -0.25) is 14.9 Å². The van der Waals surface area contributed by atoms with Crippen LogP contribution in [-0.2, 0) is 16.2 Å². The van der Waals surface area contributed by atoms with Crippen LogP contribution in [0.2, 0.25) is 0 Å². The molecule has 0 saturated carbocycles. The SMILES string of the molecule is CCCCOc1ccc(N2C(=O)NC(=O)/C(=C/c3c(OCc4ccccc4F)ccc4ccccc34)C2=O)cc1. The lowest BCUT2D eigenvalue weighted by molar-refractivity contribution is -0.122. The highest BCUT2D eigenvalue weighted by Crippen LogP contribution is 2.33. The first kappa shape index (κ1) is 26.6. The Balaban J connectivity index is 1.50. The van der Waals surface area contributed by atoms with Crippen molar-refractivity contribution in [1.82, 2.24) is 5.32 Å². The number of ether oxygens (including phenoxy) is 2. The van der Waals surface area contributed by atoms with E-state index in [2.05, 4.69) is 12.2 Å². The molecule has 0 unspecified atom stereocenters. The molecule has 1 aliphatic heterocycles. The summed E-state index contributed by atoms with van der Waals surface area (Å²) in [4.78, 5) is 40.1. The van der Waals surface area contributed by atoms with Crippen LogP contribution >= 0.6 is 0 Å². The summed E-state index contributed by atoms with van der Waals surface area (Å²) in [7, 11) is 0. The van der Waals surface area contributed by atoms with Gasteiger partial charge in [-0.1, -0.05) is 61.9 Å². The van der Waals surface area contributed by atoms with E-state index in [9.17, 15) is 18.8 Å². The highest BCUT2D eigenvalue weighted by atomic mass is 19.1. The third-order valence-corrected chi connectivity index (χ3v) is 6.52. The first-order valence-electron chi connectivity index (χ1n) is 13.0. The van der Waals surface area contributed by atoms with Crippen molar-refractivity contribution in [2.45, 2.75) is 26.4 Å². The van der Waals surface area contributed by atoms with Gasteiger partial charge in [-0.05, 0) is 59.7 Å². The smallest absolute Gasteiger partial charge is 0.335 e. The van der Waals surface area contributed by atoms with E-state index >= 15 is 0 Å². The standard InChI is InChI=1S/C32H27FN2O5/c1-2-3-18-39-24-15-13-23(14-16-24)35-31(37)27(30(36)34-32(35)38)19-26-25-10-6-4-8-21(25)12-17-29(26)40-20-22-9-5-7-11-28(22)33/h4-17,19H,2-3,18,20H2,1H3,(H,34,36,38)/b27-19-. The van der Waals surface area contributed by atoms with Gasteiger partial charge in [-0.25, -0.2) is 14.1 Å². The summed E-state index contributed by atoms with van der Waals surface area (Å²) in [6.07, 6.45) is 3.32. The number of rotatable bonds is 9. The Morgan fingerprint density at radius 3 is 2.40 bits per heavy atom. The number of hydrogen-bond donors (Lipinski definition) is 1. The summed E-state index contributed by atoms with van der Waals surface area (Å²) < 4.78 is 25.9. The van der Waals surface area contributed by atoms with Crippen LogP contribution in [-0.4, -0.2) is 24.5 Å². The fourth-order valence-corrected chi connectivity index (χ4v) is 4.38. The average molecular weight is 539 g/mol. The van der Waals surface area contributed by atoms with Crippen LogP contribution in [0.25, 0.3) is 16.8 Å². The first-order chi connectivity index (χ1) is 19.5. The number of amides is 4. The zero-order valence-corrected chi connectivity index (χ0v) is 21.9. The Labute approximate surface area is 230 Å². The number of carbonyl (C=O) groups excluding carboxylic acids is 3. The Kier molecular flexibility index (Phi) is 7.87. The molecule has 1 fully saturated rings. The second-order valence-electron chi connectivity index (χ2n) is 9.23. The van der Waals surface area contributed by atoms with Crippen LogP contribution in [0.3, 0.4) is 0 Å². The van der Waals surface area contributed by atoms with E-state index in [1.54, 1.807) is 48.5 Å². The molecule has 0 radical (unpaired) electrons. The van der Waals surface area contributed by atoms with Crippen LogP contribution in [0.15, 0.2) is 90.5 Å². The lowest BCUT2D eigenvalue weighted by Gasteiger charge is -2.26. The fraction of sp³-hybridized carbons (Fsp3) is 0.156. The molecule has 0 spiro atoms. The minimum Gasteiger partial charge on any atom is -0.494 e. The van der Waals surface area contributed by atoms with Crippen molar-refractivity contribution in [3.63, 3.8) is 0 Å². The molecule has 0 aromatic heterocycles. The molecule has 1 saturated heterocycles. The van der Waals surface area contributed by atoms with Gasteiger partial charge in [0.05, 0.1) is 12.3 Å². The normalized spacial score (nSPS) is 14.5. The van der Waals surface area contributed by atoms with Gasteiger partial charge < -0.3 is 9.47 Å². The zero-order chi connectivity index (χ0) is 28.1. The number of barbiturate groups is 1. The molecule has 0 bridgehead atoms. The van der Waals surface area contributed by atoms with Crippen molar-refractivity contribution in [1.29, 1.82) is 0 Å².